The first-order valence-corrected chi connectivity index (χ1v) is 7.50. The van der Waals surface area contributed by atoms with Crippen molar-refractivity contribution >= 4 is 11.6 Å². The van der Waals surface area contributed by atoms with E-state index in [1.165, 1.54) is 5.56 Å². The number of aryl methyl sites for hydroxylation is 3. The summed E-state index contributed by atoms with van der Waals surface area (Å²) in [6.07, 6.45) is 0.950. The zero-order valence-corrected chi connectivity index (χ0v) is 13.6. The summed E-state index contributed by atoms with van der Waals surface area (Å²) >= 11 is 6.03. The van der Waals surface area contributed by atoms with Crippen LogP contribution in [0.15, 0.2) is 24.3 Å². The van der Waals surface area contributed by atoms with Gasteiger partial charge in [0.1, 0.15) is 0 Å². The van der Waals surface area contributed by atoms with Crippen molar-refractivity contribution in [3.05, 3.63) is 46.6 Å². The van der Waals surface area contributed by atoms with Crippen LogP contribution in [0.1, 0.15) is 29.3 Å². The fraction of sp³-hybridized carbons (Fsp3) is 0.353. The molecule has 0 aliphatic rings. The van der Waals surface area contributed by atoms with Crippen LogP contribution in [0.25, 0.3) is 0 Å². The van der Waals surface area contributed by atoms with Gasteiger partial charge in [0.25, 0.3) is 0 Å². The van der Waals surface area contributed by atoms with Crippen LogP contribution in [0.5, 0.6) is 17.4 Å². The lowest BCUT2D eigenvalue weighted by Gasteiger charge is -2.14. The Labute approximate surface area is 130 Å². The van der Waals surface area contributed by atoms with Crippen molar-refractivity contribution in [2.45, 2.75) is 33.1 Å². The molecule has 0 radical (unpaired) electrons. The van der Waals surface area contributed by atoms with E-state index in [2.05, 4.69) is 11.9 Å². The summed E-state index contributed by atoms with van der Waals surface area (Å²) in [6.45, 7) is 6.05. The van der Waals surface area contributed by atoms with Crippen LogP contribution >= 0.6 is 11.6 Å². The van der Waals surface area contributed by atoms with E-state index in [1.807, 2.05) is 38.1 Å². The molecule has 0 N–H and O–H groups in total. The van der Waals surface area contributed by atoms with E-state index in [0.29, 0.717) is 23.3 Å². The number of benzene rings is 1. The second kappa shape index (κ2) is 6.81. The molecule has 0 atom stereocenters. The second-order valence-corrected chi connectivity index (χ2v) is 5.21. The van der Waals surface area contributed by atoms with Crippen molar-refractivity contribution in [3.8, 4) is 17.4 Å². The van der Waals surface area contributed by atoms with E-state index < -0.39 is 0 Å². The fourth-order valence-electron chi connectivity index (χ4n) is 2.20. The summed E-state index contributed by atoms with van der Waals surface area (Å²) in [5.41, 5.74) is 4.09. The summed E-state index contributed by atoms with van der Waals surface area (Å²) in [4.78, 5) is 4.46. The van der Waals surface area contributed by atoms with Crippen molar-refractivity contribution in [1.29, 1.82) is 0 Å². The molecule has 1 heterocycles. The smallest absolute Gasteiger partial charge is 0.224 e. The molecule has 0 amide bonds. The highest BCUT2D eigenvalue weighted by Crippen LogP contribution is 2.34. The van der Waals surface area contributed by atoms with Gasteiger partial charge < -0.3 is 9.47 Å². The quantitative estimate of drug-likeness (QED) is 0.743. The Hall–Kier alpha value is -1.74. The number of ether oxygens (including phenoxy) is 2. The molecule has 0 spiro atoms. The van der Waals surface area contributed by atoms with E-state index in [1.54, 1.807) is 7.11 Å². The number of alkyl halides is 1. The van der Waals surface area contributed by atoms with E-state index in [9.17, 15) is 0 Å². The summed E-state index contributed by atoms with van der Waals surface area (Å²) < 4.78 is 11.4. The normalized spacial score (nSPS) is 10.5. The lowest BCUT2D eigenvalue weighted by molar-refractivity contribution is 0.372. The zero-order chi connectivity index (χ0) is 15.4. The predicted octanol–water partition coefficient (Wildman–Crippen LogP) is 4.80. The fourth-order valence-corrected chi connectivity index (χ4v) is 2.52. The predicted molar refractivity (Wildman–Crippen MR) is 85.7 cm³/mol. The Morgan fingerprint density at radius 2 is 1.90 bits per heavy atom. The minimum Gasteiger partial charge on any atom is -0.493 e. The molecule has 1 aromatic heterocycles. The molecule has 21 heavy (non-hydrogen) atoms. The van der Waals surface area contributed by atoms with Crippen LogP contribution < -0.4 is 9.47 Å². The number of methoxy groups -OCH3 is 1. The van der Waals surface area contributed by atoms with Gasteiger partial charge in [0, 0.05) is 11.3 Å². The standard InChI is InChI=1S/C17H20ClNO2/c1-5-13-6-7-15(16(9-13)20-4)21-17-14(10-18)11(2)8-12(3)19-17/h6-9H,5,10H2,1-4H3. The molecule has 0 aliphatic carbocycles. The number of pyridine rings is 1. The third-order valence-electron chi connectivity index (χ3n) is 3.41. The van der Waals surface area contributed by atoms with Crippen molar-refractivity contribution < 1.29 is 9.47 Å². The molecule has 4 heteroatoms. The molecule has 1 aromatic carbocycles. The molecular formula is C17H20ClNO2. The van der Waals surface area contributed by atoms with Crippen molar-refractivity contribution in [1.82, 2.24) is 4.98 Å². The number of nitrogens with zero attached hydrogens (tertiary/aromatic N) is 1. The summed E-state index contributed by atoms with van der Waals surface area (Å²) in [5.74, 6) is 2.27. The molecule has 0 aliphatic heterocycles. The Kier molecular flexibility index (Phi) is 5.07. The first-order chi connectivity index (χ1) is 10.1. The van der Waals surface area contributed by atoms with Crippen LogP contribution in [0, 0.1) is 13.8 Å². The largest absolute Gasteiger partial charge is 0.493 e. The van der Waals surface area contributed by atoms with Crippen molar-refractivity contribution in [2.75, 3.05) is 7.11 Å². The Morgan fingerprint density at radius 1 is 1.14 bits per heavy atom. The van der Waals surface area contributed by atoms with Gasteiger partial charge >= 0.3 is 0 Å². The first kappa shape index (κ1) is 15.6. The summed E-state index contributed by atoms with van der Waals surface area (Å²) in [5, 5.41) is 0. The topological polar surface area (TPSA) is 31.4 Å². The molecule has 2 rings (SSSR count). The number of halogens is 1. The molecule has 0 saturated carbocycles. The van der Waals surface area contributed by atoms with E-state index in [4.69, 9.17) is 21.1 Å². The molecule has 3 nitrogen and oxygen atoms in total. The molecule has 0 bridgehead atoms. The lowest BCUT2D eigenvalue weighted by atomic mass is 10.1. The molecular weight excluding hydrogens is 286 g/mol. The van der Waals surface area contributed by atoms with Gasteiger partial charge in [-0.3, -0.25) is 0 Å². The average Bonchev–Trinajstić information content (AvgIpc) is 2.47. The molecule has 0 unspecified atom stereocenters. The number of rotatable bonds is 5. The number of hydrogen-bond donors (Lipinski definition) is 0. The van der Waals surface area contributed by atoms with Crippen LogP contribution in [0.3, 0.4) is 0 Å². The number of aromatic nitrogens is 1. The van der Waals surface area contributed by atoms with Gasteiger partial charge in [0.2, 0.25) is 5.88 Å². The Balaban J connectivity index is 2.42. The zero-order valence-electron chi connectivity index (χ0n) is 12.9. The van der Waals surface area contributed by atoms with Gasteiger partial charge in [-0.15, -0.1) is 11.6 Å². The molecule has 0 fully saturated rings. The highest BCUT2D eigenvalue weighted by atomic mass is 35.5. The van der Waals surface area contributed by atoms with E-state index >= 15 is 0 Å². The van der Waals surface area contributed by atoms with Crippen molar-refractivity contribution in [3.63, 3.8) is 0 Å². The maximum absolute atomic E-state index is 6.03. The minimum atomic E-state index is 0.365. The van der Waals surface area contributed by atoms with Crippen LogP contribution in [-0.2, 0) is 12.3 Å². The van der Waals surface area contributed by atoms with Gasteiger partial charge in [0.15, 0.2) is 11.5 Å². The highest BCUT2D eigenvalue weighted by molar-refractivity contribution is 6.17. The second-order valence-electron chi connectivity index (χ2n) is 4.94. The van der Waals surface area contributed by atoms with E-state index in [0.717, 1.165) is 23.2 Å². The first-order valence-electron chi connectivity index (χ1n) is 6.96. The third kappa shape index (κ3) is 3.48. The minimum absolute atomic E-state index is 0.365. The van der Waals surface area contributed by atoms with E-state index in [-0.39, 0.29) is 0 Å². The van der Waals surface area contributed by atoms with Crippen LogP contribution in [0.4, 0.5) is 0 Å². The average molecular weight is 306 g/mol. The van der Waals surface area contributed by atoms with Gasteiger partial charge in [-0.25, -0.2) is 4.98 Å². The van der Waals surface area contributed by atoms with Gasteiger partial charge in [-0.2, -0.15) is 0 Å². The number of hydrogen-bond acceptors (Lipinski definition) is 3. The summed E-state index contributed by atoms with van der Waals surface area (Å²) in [7, 11) is 1.64. The molecule has 112 valence electrons. The Morgan fingerprint density at radius 3 is 2.52 bits per heavy atom. The monoisotopic (exact) mass is 305 g/mol. The van der Waals surface area contributed by atoms with Crippen LogP contribution in [0.2, 0.25) is 0 Å². The van der Waals surface area contributed by atoms with Crippen LogP contribution in [-0.4, -0.2) is 12.1 Å². The summed E-state index contributed by atoms with van der Waals surface area (Å²) in [6, 6.07) is 7.93. The van der Waals surface area contributed by atoms with Gasteiger partial charge in [-0.1, -0.05) is 13.0 Å². The molecule has 2 aromatic rings. The SMILES string of the molecule is CCc1ccc(Oc2nc(C)cc(C)c2CCl)c(OC)c1. The van der Waals surface area contributed by atoms with Gasteiger partial charge in [-0.05, 0) is 49.6 Å². The maximum atomic E-state index is 6.03. The van der Waals surface area contributed by atoms with Crippen molar-refractivity contribution in [2.24, 2.45) is 0 Å². The third-order valence-corrected chi connectivity index (χ3v) is 3.68. The highest BCUT2D eigenvalue weighted by Gasteiger charge is 2.13. The van der Waals surface area contributed by atoms with Gasteiger partial charge in [0.05, 0.1) is 13.0 Å². The maximum Gasteiger partial charge on any atom is 0.224 e. The lowest BCUT2D eigenvalue weighted by Crippen LogP contribution is -1.99. The Bertz CT molecular complexity index is 641. The molecule has 0 saturated heterocycles.